The molecule has 96 valence electrons. The van der Waals surface area contributed by atoms with Gasteiger partial charge in [0.25, 0.3) is 10.0 Å². The number of nitrogen functional groups attached to an aromatic ring is 1. The number of nitrogens with zero attached hydrogens (tertiary/aromatic N) is 2. The molecule has 1 aromatic carbocycles. The lowest BCUT2D eigenvalue weighted by atomic mass is 10.2. The zero-order chi connectivity index (χ0) is 13.3. The number of hydrogen-bond acceptors (Lipinski definition) is 4. The summed E-state index contributed by atoms with van der Waals surface area (Å²) in [7, 11) is -1.91. The van der Waals surface area contributed by atoms with Gasteiger partial charge in [0, 0.05) is 25.0 Å². The molecule has 3 N–H and O–H groups in total. The first-order valence-electron chi connectivity index (χ1n) is 5.27. The second-order valence-electron chi connectivity index (χ2n) is 4.00. The van der Waals surface area contributed by atoms with Crippen molar-refractivity contribution in [2.75, 3.05) is 10.5 Å². The van der Waals surface area contributed by atoms with Gasteiger partial charge in [-0.1, -0.05) is 0 Å². The average Bonchev–Trinajstić information content (AvgIpc) is 2.67. The molecule has 2 aromatic rings. The minimum atomic E-state index is -3.62. The maximum absolute atomic E-state index is 12.1. The molecule has 0 radical (unpaired) electrons. The van der Waals surface area contributed by atoms with Gasteiger partial charge in [0.15, 0.2) is 5.82 Å². The van der Waals surface area contributed by atoms with Gasteiger partial charge in [0.2, 0.25) is 0 Å². The molecule has 2 rings (SSSR count). The highest BCUT2D eigenvalue weighted by Gasteiger charge is 2.15. The van der Waals surface area contributed by atoms with E-state index in [1.54, 1.807) is 32.3 Å². The number of sulfonamides is 1. The van der Waals surface area contributed by atoms with Crippen molar-refractivity contribution in [1.82, 2.24) is 9.78 Å². The van der Waals surface area contributed by atoms with Gasteiger partial charge in [-0.3, -0.25) is 9.40 Å². The van der Waals surface area contributed by atoms with E-state index in [0.29, 0.717) is 5.69 Å². The summed E-state index contributed by atoms with van der Waals surface area (Å²) in [5.74, 6) is 0.284. The largest absolute Gasteiger partial charge is 0.399 e. The molecule has 0 aliphatic heterocycles. The molecule has 1 aromatic heterocycles. The Morgan fingerprint density at radius 2 is 2.06 bits per heavy atom. The highest BCUT2D eigenvalue weighted by atomic mass is 32.2. The fraction of sp³-hybridized carbons (Fsp3) is 0.182. The van der Waals surface area contributed by atoms with Crippen LogP contribution in [0.25, 0.3) is 0 Å². The third-order valence-corrected chi connectivity index (χ3v) is 3.86. The lowest BCUT2D eigenvalue weighted by molar-refractivity contribution is 0.601. The summed E-state index contributed by atoms with van der Waals surface area (Å²) >= 11 is 0. The van der Waals surface area contributed by atoms with Crippen LogP contribution in [0, 0.1) is 6.92 Å². The Bertz CT molecular complexity index is 676. The molecular formula is C11H14N4O2S. The lowest BCUT2D eigenvalue weighted by Crippen LogP contribution is -2.14. The Morgan fingerprint density at radius 3 is 2.61 bits per heavy atom. The van der Waals surface area contributed by atoms with E-state index < -0.39 is 10.0 Å². The molecule has 0 spiro atoms. The van der Waals surface area contributed by atoms with Crippen LogP contribution in [0.15, 0.2) is 35.4 Å². The topological polar surface area (TPSA) is 90.0 Å². The van der Waals surface area contributed by atoms with E-state index in [2.05, 4.69) is 9.82 Å². The lowest BCUT2D eigenvalue weighted by Gasteiger charge is -2.07. The molecule has 0 fully saturated rings. The number of nitrogens with one attached hydrogen (secondary N) is 1. The van der Waals surface area contributed by atoms with E-state index in [1.165, 1.54) is 16.8 Å². The third kappa shape index (κ3) is 2.45. The van der Waals surface area contributed by atoms with E-state index in [-0.39, 0.29) is 10.7 Å². The average molecular weight is 266 g/mol. The minimum absolute atomic E-state index is 0.167. The van der Waals surface area contributed by atoms with Crippen molar-refractivity contribution in [3.63, 3.8) is 0 Å². The molecule has 0 unspecified atom stereocenters. The predicted octanol–water partition coefficient (Wildman–Crippen LogP) is 1.11. The number of anilines is 2. The minimum Gasteiger partial charge on any atom is -0.399 e. The van der Waals surface area contributed by atoms with Gasteiger partial charge in [0.1, 0.15) is 0 Å². The highest BCUT2D eigenvalue weighted by molar-refractivity contribution is 7.92. The van der Waals surface area contributed by atoms with Crippen LogP contribution >= 0.6 is 0 Å². The van der Waals surface area contributed by atoms with Crippen molar-refractivity contribution in [2.24, 2.45) is 7.05 Å². The summed E-state index contributed by atoms with van der Waals surface area (Å²) in [5.41, 5.74) is 6.94. The molecule has 0 aliphatic carbocycles. The molecule has 0 aliphatic rings. The first kappa shape index (κ1) is 12.4. The summed E-state index contributed by atoms with van der Waals surface area (Å²) in [6.07, 6.45) is 1.66. The summed E-state index contributed by atoms with van der Waals surface area (Å²) in [4.78, 5) is 0.167. The number of nitrogens with two attached hydrogens (primary N) is 1. The SMILES string of the molecule is Cc1cc(S(=O)(=O)Nc2ccn(C)n2)ccc1N. The van der Waals surface area contributed by atoms with Gasteiger partial charge in [-0.25, -0.2) is 8.42 Å². The summed E-state index contributed by atoms with van der Waals surface area (Å²) < 4.78 is 28.1. The Kier molecular flexibility index (Phi) is 3.00. The summed E-state index contributed by atoms with van der Waals surface area (Å²) in [6.45, 7) is 1.76. The Labute approximate surface area is 105 Å². The zero-order valence-corrected chi connectivity index (χ0v) is 10.9. The van der Waals surface area contributed by atoms with Crippen LogP contribution in [0.4, 0.5) is 11.5 Å². The summed E-state index contributed by atoms with van der Waals surface area (Å²) in [5, 5.41) is 3.96. The van der Waals surface area contributed by atoms with E-state index >= 15 is 0 Å². The van der Waals surface area contributed by atoms with Gasteiger partial charge >= 0.3 is 0 Å². The molecular weight excluding hydrogens is 252 g/mol. The van der Waals surface area contributed by atoms with Crippen LogP contribution in [-0.2, 0) is 17.1 Å². The van der Waals surface area contributed by atoms with Gasteiger partial charge in [-0.05, 0) is 30.7 Å². The number of hydrogen-bond donors (Lipinski definition) is 2. The zero-order valence-electron chi connectivity index (χ0n) is 10.1. The molecule has 0 bridgehead atoms. The molecule has 6 nitrogen and oxygen atoms in total. The van der Waals surface area contributed by atoms with Crippen molar-refractivity contribution in [1.29, 1.82) is 0 Å². The van der Waals surface area contributed by atoms with Crippen LogP contribution in [0.1, 0.15) is 5.56 Å². The molecule has 1 heterocycles. The number of aryl methyl sites for hydroxylation is 2. The molecule has 0 amide bonds. The Balaban J connectivity index is 2.33. The van der Waals surface area contributed by atoms with Gasteiger partial charge < -0.3 is 5.73 Å². The number of aromatic nitrogens is 2. The normalized spacial score (nSPS) is 11.4. The van der Waals surface area contributed by atoms with Crippen LogP contribution < -0.4 is 10.5 Å². The Morgan fingerprint density at radius 1 is 1.33 bits per heavy atom. The monoisotopic (exact) mass is 266 g/mol. The summed E-state index contributed by atoms with van der Waals surface area (Å²) in [6, 6.07) is 6.15. The van der Waals surface area contributed by atoms with Crippen molar-refractivity contribution in [3.8, 4) is 0 Å². The van der Waals surface area contributed by atoms with Crippen LogP contribution in [-0.4, -0.2) is 18.2 Å². The first-order valence-corrected chi connectivity index (χ1v) is 6.75. The maximum Gasteiger partial charge on any atom is 0.263 e. The maximum atomic E-state index is 12.1. The van der Waals surface area contributed by atoms with E-state index in [1.807, 2.05) is 0 Å². The standard InChI is InChI=1S/C11H14N4O2S/c1-8-7-9(3-4-10(8)12)18(16,17)14-11-5-6-15(2)13-11/h3-7H,12H2,1-2H3,(H,13,14). The quantitative estimate of drug-likeness (QED) is 0.814. The second-order valence-corrected chi connectivity index (χ2v) is 5.68. The molecule has 7 heteroatoms. The van der Waals surface area contributed by atoms with Crippen LogP contribution in [0.2, 0.25) is 0 Å². The molecule has 0 saturated carbocycles. The number of benzene rings is 1. The predicted molar refractivity (Wildman–Crippen MR) is 69.6 cm³/mol. The van der Waals surface area contributed by atoms with Gasteiger partial charge in [-0.2, -0.15) is 5.10 Å². The fourth-order valence-corrected chi connectivity index (χ4v) is 2.56. The van der Waals surface area contributed by atoms with Crippen molar-refractivity contribution in [3.05, 3.63) is 36.0 Å². The smallest absolute Gasteiger partial charge is 0.263 e. The first-order chi connectivity index (χ1) is 8.38. The van der Waals surface area contributed by atoms with Crippen LogP contribution in [0.3, 0.4) is 0 Å². The van der Waals surface area contributed by atoms with Gasteiger partial charge in [-0.15, -0.1) is 0 Å². The van der Waals surface area contributed by atoms with E-state index in [4.69, 9.17) is 5.73 Å². The van der Waals surface area contributed by atoms with E-state index in [0.717, 1.165) is 5.56 Å². The van der Waals surface area contributed by atoms with Crippen molar-refractivity contribution < 1.29 is 8.42 Å². The molecule has 18 heavy (non-hydrogen) atoms. The third-order valence-electron chi connectivity index (χ3n) is 2.50. The molecule has 0 saturated heterocycles. The number of rotatable bonds is 3. The van der Waals surface area contributed by atoms with Crippen molar-refractivity contribution in [2.45, 2.75) is 11.8 Å². The second kappa shape index (κ2) is 4.34. The highest BCUT2D eigenvalue weighted by Crippen LogP contribution is 2.19. The fourth-order valence-electron chi connectivity index (χ4n) is 1.48. The van der Waals surface area contributed by atoms with Crippen LogP contribution in [0.5, 0.6) is 0 Å². The van der Waals surface area contributed by atoms with Crippen molar-refractivity contribution >= 4 is 21.5 Å². The van der Waals surface area contributed by atoms with E-state index in [9.17, 15) is 8.42 Å². The molecule has 0 atom stereocenters. The Hall–Kier alpha value is -2.02. The van der Waals surface area contributed by atoms with Gasteiger partial charge in [0.05, 0.1) is 4.90 Å².